The zero-order chi connectivity index (χ0) is 13.8. The van der Waals surface area contributed by atoms with Gasteiger partial charge in [0.15, 0.2) is 0 Å². The van der Waals surface area contributed by atoms with E-state index in [2.05, 4.69) is 10.3 Å². The SMILES string of the molecule is CN(CC(=O)NC1CC1)C(=O)c1ccnc(CN)c1. The highest BCUT2D eigenvalue weighted by atomic mass is 16.2. The number of nitrogens with two attached hydrogens (primary N) is 1. The van der Waals surface area contributed by atoms with Gasteiger partial charge in [-0.15, -0.1) is 0 Å². The summed E-state index contributed by atoms with van der Waals surface area (Å²) in [6.45, 7) is 0.350. The number of carbonyl (C=O) groups is 2. The topological polar surface area (TPSA) is 88.3 Å². The third-order valence-electron chi connectivity index (χ3n) is 2.94. The molecule has 0 unspecified atom stereocenters. The first-order valence-electron chi connectivity index (χ1n) is 6.30. The number of rotatable bonds is 5. The highest BCUT2D eigenvalue weighted by molar-refractivity contribution is 5.96. The average molecular weight is 262 g/mol. The predicted octanol–water partition coefficient (Wildman–Crippen LogP) is -0.109. The molecule has 6 heteroatoms. The molecule has 1 saturated carbocycles. The number of likely N-dealkylation sites (N-methyl/N-ethyl adjacent to an activating group) is 1. The van der Waals surface area contributed by atoms with Gasteiger partial charge in [0.05, 0.1) is 12.2 Å². The van der Waals surface area contributed by atoms with Crippen LogP contribution in [0, 0.1) is 0 Å². The van der Waals surface area contributed by atoms with Crippen LogP contribution in [0.25, 0.3) is 0 Å². The molecule has 102 valence electrons. The van der Waals surface area contributed by atoms with E-state index in [-0.39, 0.29) is 24.9 Å². The molecule has 1 aliphatic carbocycles. The first-order chi connectivity index (χ1) is 9.10. The van der Waals surface area contributed by atoms with Crippen LogP contribution >= 0.6 is 0 Å². The fraction of sp³-hybridized carbons (Fsp3) is 0.462. The summed E-state index contributed by atoms with van der Waals surface area (Å²) in [5, 5.41) is 2.85. The van der Waals surface area contributed by atoms with Crippen molar-refractivity contribution in [2.45, 2.75) is 25.4 Å². The van der Waals surface area contributed by atoms with Gasteiger partial charge in [0, 0.05) is 31.4 Å². The fourth-order valence-electron chi connectivity index (χ4n) is 1.73. The Bertz CT molecular complexity index is 485. The summed E-state index contributed by atoms with van der Waals surface area (Å²) < 4.78 is 0. The molecule has 0 aromatic carbocycles. The highest BCUT2D eigenvalue weighted by Crippen LogP contribution is 2.18. The lowest BCUT2D eigenvalue weighted by atomic mass is 10.2. The second-order valence-electron chi connectivity index (χ2n) is 4.74. The molecule has 0 aliphatic heterocycles. The monoisotopic (exact) mass is 262 g/mol. The lowest BCUT2D eigenvalue weighted by Gasteiger charge is -2.17. The standard InChI is InChI=1S/C13H18N4O2/c1-17(8-12(18)16-10-2-3-10)13(19)9-4-5-15-11(6-9)7-14/h4-6,10H,2-3,7-8,14H2,1H3,(H,16,18). The molecule has 2 rings (SSSR count). The Morgan fingerprint density at radius 2 is 2.26 bits per heavy atom. The molecule has 0 atom stereocenters. The van der Waals surface area contributed by atoms with Crippen molar-refractivity contribution in [3.8, 4) is 0 Å². The Balaban J connectivity index is 1.94. The van der Waals surface area contributed by atoms with Crippen LogP contribution in [0.2, 0.25) is 0 Å². The minimum Gasteiger partial charge on any atom is -0.352 e. The molecule has 1 aliphatic rings. The van der Waals surface area contributed by atoms with Crippen LogP contribution in [0.5, 0.6) is 0 Å². The quantitative estimate of drug-likeness (QED) is 0.775. The molecule has 3 N–H and O–H groups in total. The van der Waals surface area contributed by atoms with Crippen LogP contribution in [-0.4, -0.2) is 41.3 Å². The first-order valence-corrected chi connectivity index (χ1v) is 6.30. The van der Waals surface area contributed by atoms with Crippen molar-refractivity contribution in [1.82, 2.24) is 15.2 Å². The van der Waals surface area contributed by atoms with Crippen molar-refractivity contribution in [3.63, 3.8) is 0 Å². The van der Waals surface area contributed by atoms with Gasteiger partial charge in [0.1, 0.15) is 0 Å². The fourth-order valence-corrected chi connectivity index (χ4v) is 1.73. The smallest absolute Gasteiger partial charge is 0.254 e. The Morgan fingerprint density at radius 1 is 1.53 bits per heavy atom. The normalized spacial score (nSPS) is 14.0. The van der Waals surface area contributed by atoms with Gasteiger partial charge >= 0.3 is 0 Å². The van der Waals surface area contributed by atoms with Gasteiger partial charge in [-0.1, -0.05) is 0 Å². The zero-order valence-electron chi connectivity index (χ0n) is 10.9. The molecule has 19 heavy (non-hydrogen) atoms. The summed E-state index contributed by atoms with van der Waals surface area (Å²) in [6, 6.07) is 3.58. The summed E-state index contributed by atoms with van der Waals surface area (Å²) >= 11 is 0. The van der Waals surface area contributed by atoms with Gasteiger partial charge in [-0.2, -0.15) is 0 Å². The first kappa shape index (κ1) is 13.5. The molecule has 1 heterocycles. The number of pyridine rings is 1. The van der Waals surface area contributed by atoms with Crippen molar-refractivity contribution in [2.24, 2.45) is 5.73 Å². The van der Waals surface area contributed by atoms with E-state index in [0.29, 0.717) is 17.3 Å². The van der Waals surface area contributed by atoms with E-state index in [9.17, 15) is 9.59 Å². The van der Waals surface area contributed by atoms with Crippen molar-refractivity contribution in [3.05, 3.63) is 29.6 Å². The van der Waals surface area contributed by atoms with Gasteiger partial charge in [-0.3, -0.25) is 14.6 Å². The van der Waals surface area contributed by atoms with E-state index in [4.69, 9.17) is 5.73 Å². The van der Waals surface area contributed by atoms with Crippen LogP contribution < -0.4 is 11.1 Å². The van der Waals surface area contributed by atoms with Crippen LogP contribution in [0.3, 0.4) is 0 Å². The number of hydrogen-bond acceptors (Lipinski definition) is 4. The van der Waals surface area contributed by atoms with Crippen molar-refractivity contribution < 1.29 is 9.59 Å². The minimum absolute atomic E-state index is 0.0651. The molecule has 1 aromatic rings. The number of aromatic nitrogens is 1. The minimum atomic E-state index is -0.206. The predicted molar refractivity (Wildman–Crippen MR) is 70.3 cm³/mol. The maximum absolute atomic E-state index is 12.1. The lowest BCUT2D eigenvalue weighted by molar-refractivity contribution is -0.121. The third kappa shape index (κ3) is 3.75. The molecule has 6 nitrogen and oxygen atoms in total. The van der Waals surface area contributed by atoms with E-state index in [1.807, 2.05) is 0 Å². The van der Waals surface area contributed by atoms with Gasteiger partial charge in [0.2, 0.25) is 5.91 Å². The van der Waals surface area contributed by atoms with E-state index in [1.165, 1.54) is 4.90 Å². The number of amides is 2. The number of hydrogen-bond donors (Lipinski definition) is 2. The van der Waals surface area contributed by atoms with Gasteiger partial charge in [0.25, 0.3) is 5.91 Å². The summed E-state index contributed by atoms with van der Waals surface area (Å²) in [4.78, 5) is 29.2. The van der Waals surface area contributed by atoms with Crippen LogP contribution in [0.1, 0.15) is 28.9 Å². The van der Waals surface area contributed by atoms with Gasteiger partial charge < -0.3 is 16.0 Å². The van der Waals surface area contributed by atoms with E-state index in [0.717, 1.165) is 12.8 Å². The maximum atomic E-state index is 12.1. The summed E-state index contributed by atoms with van der Waals surface area (Å²) in [6.07, 6.45) is 3.62. The molecular weight excluding hydrogens is 244 g/mol. The zero-order valence-corrected chi connectivity index (χ0v) is 10.9. The molecule has 0 bridgehead atoms. The Morgan fingerprint density at radius 3 is 2.89 bits per heavy atom. The second-order valence-corrected chi connectivity index (χ2v) is 4.74. The van der Waals surface area contributed by atoms with Gasteiger partial charge in [-0.05, 0) is 25.0 Å². The van der Waals surface area contributed by atoms with Crippen molar-refractivity contribution >= 4 is 11.8 Å². The van der Waals surface area contributed by atoms with Crippen LogP contribution in [0.15, 0.2) is 18.3 Å². The Labute approximate surface area is 112 Å². The summed E-state index contributed by atoms with van der Waals surface area (Å²) in [5.41, 5.74) is 6.64. The van der Waals surface area contributed by atoms with Crippen molar-refractivity contribution in [2.75, 3.05) is 13.6 Å². The summed E-state index contributed by atoms with van der Waals surface area (Å²) in [5.74, 6) is -0.325. The average Bonchev–Trinajstić information content (AvgIpc) is 3.21. The third-order valence-corrected chi connectivity index (χ3v) is 2.94. The second kappa shape index (κ2) is 5.79. The van der Waals surface area contributed by atoms with Crippen molar-refractivity contribution in [1.29, 1.82) is 0 Å². The molecule has 0 spiro atoms. The maximum Gasteiger partial charge on any atom is 0.254 e. The Hall–Kier alpha value is -1.95. The van der Waals surface area contributed by atoms with E-state index >= 15 is 0 Å². The van der Waals surface area contributed by atoms with Gasteiger partial charge in [-0.25, -0.2) is 0 Å². The number of nitrogens with zero attached hydrogens (tertiary/aromatic N) is 2. The molecular formula is C13H18N4O2. The number of carbonyl (C=O) groups excluding carboxylic acids is 2. The Kier molecular flexibility index (Phi) is 4.11. The van der Waals surface area contributed by atoms with Crippen LogP contribution in [-0.2, 0) is 11.3 Å². The molecule has 2 amide bonds. The highest BCUT2D eigenvalue weighted by Gasteiger charge is 2.24. The molecule has 1 aromatic heterocycles. The summed E-state index contributed by atoms with van der Waals surface area (Å²) in [7, 11) is 1.61. The molecule has 1 fully saturated rings. The van der Waals surface area contributed by atoms with E-state index in [1.54, 1.807) is 25.4 Å². The van der Waals surface area contributed by atoms with E-state index < -0.39 is 0 Å². The lowest BCUT2D eigenvalue weighted by Crippen LogP contribution is -2.39. The number of nitrogens with one attached hydrogen (secondary N) is 1. The largest absolute Gasteiger partial charge is 0.352 e. The molecule has 0 saturated heterocycles. The van der Waals surface area contributed by atoms with Crippen LogP contribution in [0.4, 0.5) is 0 Å². The molecule has 0 radical (unpaired) electrons.